The van der Waals surface area contributed by atoms with E-state index in [1.54, 1.807) is 0 Å². The Morgan fingerprint density at radius 2 is 1.96 bits per heavy atom. The molecule has 4 heteroatoms. The summed E-state index contributed by atoms with van der Waals surface area (Å²) >= 11 is 0. The Bertz CT molecular complexity index is 576. The standard InChI is InChI=1S/C20H28N2O2/c1-15-9-10-21(20(23)18-13-17-7-8-19(18)24-17)11-12-22(15)14-16-5-3-2-4-6-16/h2-6,15,17-19H,7-14H2,1H3/t15-,17-,18-,19-/m1/s1. The molecule has 4 nitrogen and oxygen atoms in total. The average Bonchev–Trinajstić information content (AvgIpc) is 3.19. The minimum Gasteiger partial charge on any atom is -0.374 e. The molecule has 4 rings (SSSR count). The van der Waals surface area contributed by atoms with Crippen LogP contribution in [-0.4, -0.2) is 53.6 Å². The molecule has 4 atom stereocenters. The predicted molar refractivity (Wildman–Crippen MR) is 93.5 cm³/mol. The summed E-state index contributed by atoms with van der Waals surface area (Å²) in [5, 5.41) is 0. The monoisotopic (exact) mass is 328 g/mol. The normalized spacial score (nSPS) is 33.6. The molecule has 1 aromatic carbocycles. The first-order valence-corrected chi connectivity index (χ1v) is 9.43. The van der Waals surface area contributed by atoms with Gasteiger partial charge in [0, 0.05) is 32.2 Å². The maximum Gasteiger partial charge on any atom is 0.228 e. The molecule has 3 saturated heterocycles. The molecule has 2 bridgehead atoms. The lowest BCUT2D eigenvalue weighted by atomic mass is 9.88. The highest BCUT2D eigenvalue weighted by molar-refractivity contribution is 5.80. The number of nitrogens with zero attached hydrogens (tertiary/aromatic N) is 2. The van der Waals surface area contributed by atoms with Gasteiger partial charge in [-0.15, -0.1) is 0 Å². The van der Waals surface area contributed by atoms with Crippen molar-refractivity contribution in [2.45, 2.75) is 57.4 Å². The third-order valence-electron chi connectivity index (χ3n) is 6.06. The molecule has 0 spiro atoms. The van der Waals surface area contributed by atoms with Gasteiger partial charge in [0.15, 0.2) is 0 Å². The summed E-state index contributed by atoms with van der Waals surface area (Å²) in [5.41, 5.74) is 1.35. The Morgan fingerprint density at radius 3 is 2.67 bits per heavy atom. The molecule has 0 radical (unpaired) electrons. The van der Waals surface area contributed by atoms with Gasteiger partial charge < -0.3 is 9.64 Å². The van der Waals surface area contributed by atoms with Crippen molar-refractivity contribution in [3.63, 3.8) is 0 Å². The number of fused-ring (bicyclic) bond motifs is 2. The van der Waals surface area contributed by atoms with Crippen molar-refractivity contribution < 1.29 is 9.53 Å². The summed E-state index contributed by atoms with van der Waals surface area (Å²) in [5.74, 6) is 0.468. The topological polar surface area (TPSA) is 32.8 Å². The van der Waals surface area contributed by atoms with Crippen molar-refractivity contribution >= 4 is 5.91 Å². The molecule has 130 valence electrons. The van der Waals surface area contributed by atoms with Crippen molar-refractivity contribution in [1.82, 2.24) is 9.80 Å². The molecule has 0 aromatic heterocycles. The minimum absolute atomic E-state index is 0.125. The predicted octanol–water partition coefficient (Wildman–Crippen LogP) is 2.68. The third-order valence-corrected chi connectivity index (χ3v) is 6.06. The number of benzene rings is 1. The molecule has 3 fully saturated rings. The lowest BCUT2D eigenvalue weighted by Crippen LogP contribution is -2.42. The van der Waals surface area contributed by atoms with Gasteiger partial charge in [0.2, 0.25) is 5.91 Å². The highest BCUT2D eigenvalue weighted by Gasteiger charge is 2.45. The summed E-state index contributed by atoms with van der Waals surface area (Å²) in [6, 6.07) is 11.2. The van der Waals surface area contributed by atoms with Gasteiger partial charge in [-0.1, -0.05) is 30.3 Å². The van der Waals surface area contributed by atoms with E-state index in [9.17, 15) is 4.79 Å². The molecular weight excluding hydrogens is 300 g/mol. The third kappa shape index (κ3) is 3.22. The number of amides is 1. The highest BCUT2D eigenvalue weighted by Crippen LogP contribution is 2.39. The molecular formula is C20H28N2O2. The number of hydrogen-bond donors (Lipinski definition) is 0. The quantitative estimate of drug-likeness (QED) is 0.855. The number of carbonyl (C=O) groups is 1. The van der Waals surface area contributed by atoms with Crippen LogP contribution in [0.1, 0.15) is 38.2 Å². The van der Waals surface area contributed by atoms with Gasteiger partial charge in [-0.25, -0.2) is 0 Å². The summed E-state index contributed by atoms with van der Waals surface area (Å²) in [4.78, 5) is 17.6. The number of hydrogen-bond acceptors (Lipinski definition) is 3. The molecule has 24 heavy (non-hydrogen) atoms. The van der Waals surface area contributed by atoms with Crippen molar-refractivity contribution in [3.8, 4) is 0 Å². The van der Waals surface area contributed by atoms with E-state index in [0.717, 1.165) is 51.9 Å². The highest BCUT2D eigenvalue weighted by atomic mass is 16.5. The molecule has 1 amide bonds. The molecule has 1 aromatic rings. The van der Waals surface area contributed by atoms with Crippen LogP contribution in [0.15, 0.2) is 30.3 Å². The van der Waals surface area contributed by atoms with Gasteiger partial charge in [-0.3, -0.25) is 9.69 Å². The van der Waals surface area contributed by atoms with Gasteiger partial charge >= 0.3 is 0 Å². The second kappa shape index (κ2) is 6.85. The number of ether oxygens (including phenoxy) is 1. The van der Waals surface area contributed by atoms with Crippen molar-refractivity contribution in [1.29, 1.82) is 0 Å². The Balaban J connectivity index is 1.37. The van der Waals surface area contributed by atoms with Crippen molar-refractivity contribution in [3.05, 3.63) is 35.9 Å². The van der Waals surface area contributed by atoms with Crippen LogP contribution in [0.5, 0.6) is 0 Å². The van der Waals surface area contributed by atoms with E-state index in [1.807, 2.05) is 0 Å². The lowest BCUT2D eigenvalue weighted by Gasteiger charge is -2.27. The van der Waals surface area contributed by atoms with Crippen LogP contribution in [-0.2, 0) is 16.1 Å². The SMILES string of the molecule is C[C@@H]1CCN(C(=O)[C@@H]2C[C@H]3CC[C@H]2O3)CCN1Cc1ccccc1. The van der Waals surface area contributed by atoms with E-state index in [4.69, 9.17) is 4.74 Å². The van der Waals surface area contributed by atoms with Crippen LogP contribution in [0, 0.1) is 5.92 Å². The maximum atomic E-state index is 12.9. The van der Waals surface area contributed by atoms with Crippen molar-refractivity contribution in [2.75, 3.05) is 19.6 Å². The van der Waals surface area contributed by atoms with Crippen LogP contribution in [0.4, 0.5) is 0 Å². The molecule has 0 aliphatic carbocycles. The molecule has 0 saturated carbocycles. The summed E-state index contributed by atoms with van der Waals surface area (Å²) < 4.78 is 5.89. The zero-order chi connectivity index (χ0) is 16.5. The van der Waals surface area contributed by atoms with Gasteiger partial charge in [-0.2, -0.15) is 0 Å². The number of rotatable bonds is 3. The smallest absolute Gasteiger partial charge is 0.228 e. The van der Waals surface area contributed by atoms with Gasteiger partial charge in [0.1, 0.15) is 0 Å². The van der Waals surface area contributed by atoms with Crippen LogP contribution in [0.3, 0.4) is 0 Å². The Kier molecular flexibility index (Phi) is 4.59. The molecule has 3 aliphatic heterocycles. The van der Waals surface area contributed by atoms with Crippen LogP contribution < -0.4 is 0 Å². The van der Waals surface area contributed by atoms with E-state index in [0.29, 0.717) is 18.1 Å². The van der Waals surface area contributed by atoms with E-state index in [2.05, 4.69) is 47.1 Å². The van der Waals surface area contributed by atoms with Gasteiger partial charge in [0.25, 0.3) is 0 Å². The first kappa shape index (κ1) is 16.1. The average molecular weight is 328 g/mol. The lowest BCUT2D eigenvalue weighted by molar-refractivity contribution is -0.137. The van der Waals surface area contributed by atoms with Crippen LogP contribution >= 0.6 is 0 Å². The maximum absolute atomic E-state index is 12.9. The first-order valence-electron chi connectivity index (χ1n) is 9.43. The zero-order valence-corrected chi connectivity index (χ0v) is 14.6. The van der Waals surface area contributed by atoms with E-state index in [1.165, 1.54) is 5.56 Å². The molecule has 3 aliphatic rings. The zero-order valence-electron chi connectivity index (χ0n) is 14.6. The van der Waals surface area contributed by atoms with Crippen LogP contribution in [0.25, 0.3) is 0 Å². The Labute approximate surface area is 144 Å². The number of carbonyl (C=O) groups excluding carboxylic acids is 1. The first-order chi connectivity index (χ1) is 11.7. The largest absolute Gasteiger partial charge is 0.374 e. The summed E-state index contributed by atoms with van der Waals surface area (Å²) in [6.07, 6.45) is 4.78. The molecule has 3 heterocycles. The second-order valence-corrected chi connectivity index (χ2v) is 7.64. The minimum atomic E-state index is 0.125. The summed E-state index contributed by atoms with van der Waals surface area (Å²) in [7, 11) is 0. The Morgan fingerprint density at radius 1 is 1.12 bits per heavy atom. The van der Waals surface area contributed by atoms with Gasteiger partial charge in [-0.05, 0) is 38.2 Å². The van der Waals surface area contributed by atoms with Gasteiger partial charge in [0.05, 0.1) is 18.1 Å². The molecule has 0 unspecified atom stereocenters. The van der Waals surface area contributed by atoms with Crippen molar-refractivity contribution in [2.24, 2.45) is 5.92 Å². The summed E-state index contributed by atoms with van der Waals surface area (Å²) in [6.45, 7) is 5.96. The van der Waals surface area contributed by atoms with E-state index < -0.39 is 0 Å². The molecule has 0 N–H and O–H groups in total. The van der Waals surface area contributed by atoms with E-state index in [-0.39, 0.29) is 12.0 Å². The second-order valence-electron chi connectivity index (χ2n) is 7.64. The Hall–Kier alpha value is -1.39. The van der Waals surface area contributed by atoms with E-state index >= 15 is 0 Å². The fraction of sp³-hybridized carbons (Fsp3) is 0.650. The van der Waals surface area contributed by atoms with Crippen LogP contribution in [0.2, 0.25) is 0 Å². The fourth-order valence-corrected chi connectivity index (χ4v) is 4.51. The fourth-order valence-electron chi connectivity index (χ4n) is 4.51.